The molecule has 0 heterocycles. The Labute approximate surface area is 116 Å². The first kappa shape index (κ1) is 13.9. The van der Waals surface area contributed by atoms with E-state index in [1.807, 2.05) is 13.0 Å². The molecule has 20 heavy (non-hydrogen) atoms. The number of carboxylic acid groups (broad SMARTS) is 1. The second-order valence-electron chi connectivity index (χ2n) is 4.58. The number of benzene rings is 2. The van der Waals surface area contributed by atoms with Gasteiger partial charge in [0.1, 0.15) is 5.56 Å². The van der Waals surface area contributed by atoms with E-state index in [9.17, 15) is 20.1 Å². The van der Waals surface area contributed by atoms with Crippen molar-refractivity contribution in [2.24, 2.45) is 0 Å². The first-order valence-corrected chi connectivity index (χ1v) is 6.35. The molecule has 0 aliphatic heterocycles. The molecule has 0 fully saturated rings. The minimum absolute atomic E-state index is 0.261. The number of hydrogen-bond acceptors (Lipinski definition) is 3. The van der Waals surface area contributed by atoms with Gasteiger partial charge >= 0.3 is 5.97 Å². The number of carbonyl (C=O) groups is 1. The summed E-state index contributed by atoms with van der Waals surface area (Å²) in [6, 6.07) is 9.00. The van der Waals surface area contributed by atoms with Crippen LogP contribution in [-0.4, -0.2) is 21.3 Å². The van der Waals surface area contributed by atoms with Gasteiger partial charge in [0.2, 0.25) is 0 Å². The number of aromatic hydroxyl groups is 2. The second-order valence-corrected chi connectivity index (χ2v) is 4.58. The lowest BCUT2D eigenvalue weighted by atomic mass is 9.89. The van der Waals surface area contributed by atoms with E-state index in [4.69, 9.17) is 0 Å². The van der Waals surface area contributed by atoms with Gasteiger partial charge in [0.25, 0.3) is 0 Å². The minimum Gasteiger partial charge on any atom is -0.504 e. The van der Waals surface area contributed by atoms with Crippen LogP contribution in [-0.2, 0) is 6.42 Å². The lowest BCUT2D eigenvalue weighted by Crippen LogP contribution is -2.05. The van der Waals surface area contributed by atoms with Crippen LogP contribution < -0.4 is 0 Å². The van der Waals surface area contributed by atoms with Gasteiger partial charge in [0, 0.05) is 11.1 Å². The van der Waals surface area contributed by atoms with Gasteiger partial charge in [-0.1, -0.05) is 37.3 Å². The van der Waals surface area contributed by atoms with Crippen molar-refractivity contribution in [1.82, 2.24) is 0 Å². The molecule has 3 N–H and O–H groups in total. The van der Waals surface area contributed by atoms with E-state index in [2.05, 4.69) is 0 Å². The summed E-state index contributed by atoms with van der Waals surface area (Å²) in [5.41, 5.74) is 2.12. The molecule has 0 aliphatic carbocycles. The van der Waals surface area contributed by atoms with Crippen LogP contribution in [0, 0.1) is 6.92 Å². The zero-order chi connectivity index (χ0) is 14.9. The number of phenols is 2. The molecule has 0 spiro atoms. The highest BCUT2D eigenvalue weighted by Crippen LogP contribution is 2.43. The third-order valence-electron chi connectivity index (χ3n) is 3.45. The van der Waals surface area contributed by atoms with Gasteiger partial charge in [-0.2, -0.15) is 0 Å². The zero-order valence-corrected chi connectivity index (χ0v) is 11.3. The number of aromatic carboxylic acids is 1. The van der Waals surface area contributed by atoms with Gasteiger partial charge in [-0.05, 0) is 24.5 Å². The molecule has 0 amide bonds. The fourth-order valence-corrected chi connectivity index (χ4v) is 2.50. The molecule has 0 saturated carbocycles. The molecule has 0 aromatic heterocycles. The van der Waals surface area contributed by atoms with E-state index in [1.165, 1.54) is 0 Å². The van der Waals surface area contributed by atoms with Crippen molar-refractivity contribution in [2.45, 2.75) is 20.3 Å². The molecule has 0 saturated heterocycles. The number of phenolic OH excluding ortho intramolecular Hbond substituents is 1. The van der Waals surface area contributed by atoms with Crippen LogP contribution >= 0.6 is 0 Å². The van der Waals surface area contributed by atoms with Crippen LogP contribution in [0.4, 0.5) is 0 Å². The van der Waals surface area contributed by atoms with Crippen molar-refractivity contribution in [3.8, 4) is 22.6 Å². The van der Waals surface area contributed by atoms with E-state index < -0.39 is 11.7 Å². The normalized spacial score (nSPS) is 10.5. The summed E-state index contributed by atoms with van der Waals surface area (Å²) in [6.45, 7) is 3.60. The predicted molar refractivity (Wildman–Crippen MR) is 76.3 cm³/mol. The predicted octanol–water partition coefficient (Wildman–Crippen LogP) is 3.33. The molecule has 2 aromatic rings. The van der Waals surface area contributed by atoms with Gasteiger partial charge in [0.15, 0.2) is 11.5 Å². The number of hydrogen-bond donors (Lipinski definition) is 3. The summed E-state index contributed by atoms with van der Waals surface area (Å²) < 4.78 is 0. The monoisotopic (exact) mass is 272 g/mol. The molecule has 0 radical (unpaired) electrons. The summed E-state index contributed by atoms with van der Waals surface area (Å²) in [6.07, 6.45) is 0.505. The third kappa shape index (κ3) is 2.09. The van der Waals surface area contributed by atoms with Gasteiger partial charge in [0.05, 0.1) is 0 Å². The first-order chi connectivity index (χ1) is 9.49. The van der Waals surface area contributed by atoms with Crippen LogP contribution in [0.2, 0.25) is 0 Å². The fraction of sp³-hybridized carbons (Fsp3) is 0.188. The highest BCUT2D eigenvalue weighted by atomic mass is 16.4. The van der Waals surface area contributed by atoms with Gasteiger partial charge in [-0.25, -0.2) is 4.79 Å². The topological polar surface area (TPSA) is 77.8 Å². The molecular formula is C16H16O4. The Morgan fingerprint density at radius 2 is 1.70 bits per heavy atom. The van der Waals surface area contributed by atoms with Crippen molar-refractivity contribution in [3.63, 3.8) is 0 Å². The van der Waals surface area contributed by atoms with Crippen LogP contribution in [0.25, 0.3) is 11.1 Å². The van der Waals surface area contributed by atoms with Crippen molar-refractivity contribution < 1.29 is 20.1 Å². The minimum atomic E-state index is -1.26. The maximum absolute atomic E-state index is 11.4. The van der Waals surface area contributed by atoms with Crippen molar-refractivity contribution in [3.05, 3.63) is 47.0 Å². The SMILES string of the molecule is CCc1c(C)c(-c2ccccc2)c(C(=O)O)c(O)c1O. The van der Waals surface area contributed by atoms with Crippen LogP contribution in [0.15, 0.2) is 30.3 Å². The average Bonchev–Trinajstić information content (AvgIpc) is 2.43. The Morgan fingerprint density at radius 3 is 2.20 bits per heavy atom. The Balaban J connectivity index is 2.91. The fourth-order valence-electron chi connectivity index (χ4n) is 2.50. The Kier molecular flexibility index (Phi) is 3.66. The number of rotatable bonds is 3. The molecule has 0 unspecified atom stereocenters. The highest BCUT2D eigenvalue weighted by Gasteiger charge is 2.25. The maximum Gasteiger partial charge on any atom is 0.340 e. The van der Waals surface area contributed by atoms with Crippen LogP contribution in [0.3, 0.4) is 0 Å². The van der Waals surface area contributed by atoms with Gasteiger partial charge in [-0.3, -0.25) is 0 Å². The van der Waals surface area contributed by atoms with Crippen LogP contribution in [0.1, 0.15) is 28.4 Å². The van der Waals surface area contributed by atoms with Gasteiger partial charge < -0.3 is 15.3 Å². The third-order valence-corrected chi connectivity index (χ3v) is 3.45. The Bertz CT molecular complexity index is 660. The molecule has 0 atom stereocenters. The molecular weight excluding hydrogens is 256 g/mol. The van der Waals surface area contributed by atoms with E-state index >= 15 is 0 Å². The summed E-state index contributed by atoms with van der Waals surface area (Å²) in [5.74, 6) is -2.18. The molecule has 4 nitrogen and oxygen atoms in total. The Hall–Kier alpha value is -2.49. The lowest BCUT2D eigenvalue weighted by Gasteiger charge is -2.17. The maximum atomic E-state index is 11.4. The van der Waals surface area contributed by atoms with Crippen molar-refractivity contribution >= 4 is 5.97 Å². The standard InChI is InChI=1S/C16H16O4/c1-3-11-9(2)12(10-7-5-4-6-8-10)13(16(19)20)15(18)14(11)17/h4-8,17-18H,3H2,1-2H3,(H,19,20). The molecule has 2 rings (SSSR count). The van der Waals surface area contributed by atoms with E-state index in [0.29, 0.717) is 28.7 Å². The number of carboxylic acids is 1. The summed E-state index contributed by atoms with van der Waals surface area (Å²) in [7, 11) is 0. The highest BCUT2D eigenvalue weighted by molar-refractivity contribution is 6.01. The van der Waals surface area contributed by atoms with Gasteiger partial charge in [-0.15, -0.1) is 0 Å². The zero-order valence-electron chi connectivity index (χ0n) is 11.3. The molecule has 0 aliphatic rings. The lowest BCUT2D eigenvalue weighted by molar-refractivity contribution is 0.0693. The smallest absolute Gasteiger partial charge is 0.340 e. The average molecular weight is 272 g/mol. The largest absolute Gasteiger partial charge is 0.504 e. The van der Waals surface area contributed by atoms with E-state index in [0.717, 1.165) is 0 Å². The van der Waals surface area contributed by atoms with Crippen molar-refractivity contribution in [2.75, 3.05) is 0 Å². The molecule has 104 valence electrons. The van der Waals surface area contributed by atoms with E-state index in [1.54, 1.807) is 31.2 Å². The molecule has 2 aromatic carbocycles. The summed E-state index contributed by atoms with van der Waals surface area (Å²) >= 11 is 0. The molecule has 4 heteroatoms. The molecule has 0 bridgehead atoms. The van der Waals surface area contributed by atoms with E-state index in [-0.39, 0.29) is 11.3 Å². The summed E-state index contributed by atoms with van der Waals surface area (Å²) in [4.78, 5) is 11.4. The summed E-state index contributed by atoms with van der Waals surface area (Å²) in [5, 5.41) is 29.3. The van der Waals surface area contributed by atoms with Crippen molar-refractivity contribution in [1.29, 1.82) is 0 Å². The second kappa shape index (κ2) is 5.25. The van der Waals surface area contributed by atoms with Crippen LogP contribution in [0.5, 0.6) is 11.5 Å². The quantitative estimate of drug-likeness (QED) is 0.749. The Morgan fingerprint density at radius 1 is 1.10 bits per heavy atom. The first-order valence-electron chi connectivity index (χ1n) is 6.35.